The van der Waals surface area contributed by atoms with Crippen LogP contribution in [0.5, 0.6) is 0 Å². The molecule has 1 rings (SSSR count). The van der Waals surface area contributed by atoms with Gasteiger partial charge in [-0.05, 0) is 18.8 Å². The summed E-state index contributed by atoms with van der Waals surface area (Å²) in [5.41, 5.74) is 0.396. The highest BCUT2D eigenvalue weighted by Crippen LogP contribution is 2.34. The lowest BCUT2D eigenvalue weighted by atomic mass is 9.73. The Morgan fingerprint density at radius 2 is 2.36 bits per heavy atom. The van der Waals surface area contributed by atoms with Crippen molar-refractivity contribution in [2.24, 2.45) is 16.3 Å². The number of hydrogen-bond donors (Lipinski definition) is 0. The molecule has 2 atom stereocenters. The molecule has 0 amide bonds. The average Bonchev–Trinajstić information content (AvgIpc) is 2.04. The molecule has 0 aromatic carbocycles. The van der Waals surface area contributed by atoms with E-state index in [1.54, 1.807) is 0 Å². The third-order valence-electron chi connectivity index (χ3n) is 3.13. The first-order chi connectivity index (χ1) is 5.19. The Kier molecular flexibility index (Phi) is 2.69. The van der Waals surface area contributed by atoms with Crippen LogP contribution in [-0.4, -0.2) is 12.8 Å². The smallest absolute Gasteiger partial charge is 0.0385 e. The maximum Gasteiger partial charge on any atom is 0.0385 e. The van der Waals surface area contributed by atoms with Gasteiger partial charge in [-0.1, -0.05) is 27.2 Å². The number of aliphatic imine (C=N–C) groups is 1. The third-order valence-corrected chi connectivity index (χ3v) is 3.13. The zero-order valence-corrected chi connectivity index (χ0v) is 7.93. The van der Waals surface area contributed by atoms with Crippen molar-refractivity contribution in [1.82, 2.24) is 0 Å². The minimum absolute atomic E-state index is 0.396. The third kappa shape index (κ3) is 1.82. The molecule has 11 heavy (non-hydrogen) atoms. The molecule has 0 aliphatic carbocycles. The van der Waals surface area contributed by atoms with E-state index in [9.17, 15) is 0 Å². The lowest BCUT2D eigenvalue weighted by Gasteiger charge is -2.33. The van der Waals surface area contributed by atoms with E-state index in [1.165, 1.54) is 19.3 Å². The summed E-state index contributed by atoms with van der Waals surface area (Å²) in [5.74, 6) is 0.784. The van der Waals surface area contributed by atoms with Crippen LogP contribution >= 0.6 is 0 Å². The van der Waals surface area contributed by atoms with Gasteiger partial charge in [0.2, 0.25) is 0 Å². The molecule has 0 spiro atoms. The summed E-state index contributed by atoms with van der Waals surface area (Å²) >= 11 is 0. The zero-order chi connectivity index (χ0) is 8.32. The number of nitrogens with zero attached hydrogens (tertiary/aromatic N) is 1. The quantitative estimate of drug-likeness (QED) is 0.578. The molecule has 0 saturated carbocycles. The van der Waals surface area contributed by atoms with Crippen LogP contribution in [0.2, 0.25) is 0 Å². The minimum Gasteiger partial charge on any atom is -0.297 e. The summed E-state index contributed by atoms with van der Waals surface area (Å²) in [6.45, 7) is 7.98. The fourth-order valence-electron chi connectivity index (χ4n) is 1.73. The predicted octanol–water partition coefficient (Wildman–Crippen LogP) is 2.90. The van der Waals surface area contributed by atoms with Crippen molar-refractivity contribution in [2.75, 3.05) is 6.54 Å². The monoisotopic (exact) mass is 153 g/mol. The molecule has 1 nitrogen and oxygen atoms in total. The second-order valence-electron chi connectivity index (χ2n) is 3.95. The molecular weight excluding hydrogens is 134 g/mol. The van der Waals surface area contributed by atoms with Crippen LogP contribution in [0.4, 0.5) is 0 Å². The molecule has 0 radical (unpaired) electrons. The lowest BCUT2D eigenvalue weighted by Crippen LogP contribution is -2.29. The highest BCUT2D eigenvalue weighted by atomic mass is 14.7. The van der Waals surface area contributed by atoms with Crippen LogP contribution in [-0.2, 0) is 0 Å². The molecule has 0 saturated heterocycles. The van der Waals surface area contributed by atoms with Crippen LogP contribution in [0.3, 0.4) is 0 Å². The highest BCUT2D eigenvalue weighted by molar-refractivity contribution is 5.66. The lowest BCUT2D eigenvalue weighted by molar-refractivity contribution is 0.269. The van der Waals surface area contributed by atoms with E-state index in [2.05, 4.69) is 32.0 Å². The first-order valence-corrected chi connectivity index (χ1v) is 4.70. The molecule has 0 fully saturated rings. The largest absolute Gasteiger partial charge is 0.297 e. The van der Waals surface area contributed by atoms with Crippen molar-refractivity contribution in [2.45, 2.75) is 40.0 Å². The normalized spacial score (nSPS) is 33.7. The van der Waals surface area contributed by atoms with E-state index in [-0.39, 0.29) is 0 Å². The molecule has 0 N–H and O–H groups in total. The van der Waals surface area contributed by atoms with Gasteiger partial charge < -0.3 is 0 Å². The standard InChI is InChI=1S/C10H19N/c1-4-9(2)10(3)6-5-7-11-8-10/h8-9H,4-7H2,1-3H3. The second kappa shape index (κ2) is 3.38. The average molecular weight is 153 g/mol. The summed E-state index contributed by atoms with van der Waals surface area (Å²) in [7, 11) is 0. The summed E-state index contributed by atoms with van der Waals surface area (Å²) in [6.07, 6.45) is 6.05. The van der Waals surface area contributed by atoms with Crippen LogP contribution in [0.1, 0.15) is 40.0 Å². The van der Waals surface area contributed by atoms with E-state index < -0.39 is 0 Å². The van der Waals surface area contributed by atoms with Gasteiger partial charge in [-0.25, -0.2) is 0 Å². The van der Waals surface area contributed by atoms with Gasteiger partial charge in [0.15, 0.2) is 0 Å². The molecule has 0 aromatic rings. The molecule has 1 heterocycles. The molecule has 2 unspecified atom stereocenters. The predicted molar refractivity (Wildman–Crippen MR) is 50.2 cm³/mol. The van der Waals surface area contributed by atoms with E-state index in [1.807, 2.05) is 0 Å². The summed E-state index contributed by atoms with van der Waals surface area (Å²) in [4.78, 5) is 4.37. The Labute approximate surface area is 69.9 Å². The van der Waals surface area contributed by atoms with Crippen molar-refractivity contribution in [1.29, 1.82) is 0 Å². The molecule has 0 bridgehead atoms. The zero-order valence-electron chi connectivity index (χ0n) is 7.93. The number of rotatable bonds is 2. The Morgan fingerprint density at radius 3 is 2.82 bits per heavy atom. The maximum atomic E-state index is 4.37. The van der Waals surface area contributed by atoms with Crippen molar-refractivity contribution >= 4 is 6.21 Å². The SMILES string of the molecule is CCC(C)C1(C)C=NCCC1. The van der Waals surface area contributed by atoms with Crippen LogP contribution < -0.4 is 0 Å². The molecule has 1 heteroatoms. The summed E-state index contributed by atoms with van der Waals surface area (Å²) in [5, 5.41) is 0. The van der Waals surface area contributed by atoms with Crippen molar-refractivity contribution in [3.63, 3.8) is 0 Å². The summed E-state index contributed by atoms with van der Waals surface area (Å²) in [6, 6.07) is 0. The molecule has 1 aliphatic heterocycles. The highest BCUT2D eigenvalue weighted by Gasteiger charge is 2.28. The van der Waals surface area contributed by atoms with Gasteiger partial charge in [0, 0.05) is 18.2 Å². The summed E-state index contributed by atoms with van der Waals surface area (Å²) < 4.78 is 0. The van der Waals surface area contributed by atoms with Gasteiger partial charge in [0.25, 0.3) is 0 Å². The Bertz CT molecular complexity index is 151. The van der Waals surface area contributed by atoms with Gasteiger partial charge in [-0.2, -0.15) is 0 Å². The molecule has 1 aliphatic rings. The topological polar surface area (TPSA) is 12.4 Å². The van der Waals surface area contributed by atoms with E-state index in [0.29, 0.717) is 5.41 Å². The Morgan fingerprint density at radius 1 is 1.64 bits per heavy atom. The van der Waals surface area contributed by atoms with Crippen molar-refractivity contribution in [3.05, 3.63) is 0 Å². The van der Waals surface area contributed by atoms with E-state index >= 15 is 0 Å². The van der Waals surface area contributed by atoms with Crippen LogP contribution in [0.15, 0.2) is 4.99 Å². The van der Waals surface area contributed by atoms with Gasteiger partial charge in [0.05, 0.1) is 0 Å². The number of hydrogen-bond acceptors (Lipinski definition) is 1. The Balaban J connectivity index is 2.63. The van der Waals surface area contributed by atoms with Gasteiger partial charge in [-0.15, -0.1) is 0 Å². The van der Waals surface area contributed by atoms with Crippen molar-refractivity contribution in [3.8, 4) is 0 Å². The van der Waals surface area contributed by atoms with Crippen molar-refractivity contribution < 1.29 is 0 Å². The molecular formula is C10H19N. The molecule has 64 valence electrons. The van der Waals surface area contributed by atoms with E-state index in [4.69, 9.17) is 0 Å². The second-order valence-corrected chi connectivity index (χ2v) is 3.95. The molecule has 0 aromatic heterocycles. The first kappa shape index (κ1) is 8.76. The van der Waals surface area contributed by atoms with Gasteiger partial charge >= 0.3 is 0 Å². The van der Waals surface area contributed by atoms with E-state index in [0.717, 1.165) is 12.5 Å². The van der Waals surface area contributed by atoms with Gasteiger partial charge in [0.1, 0.15) is 0 Å². The van der Waals surface area contributed by atoms with Crippen LogP contribution in [0, 0.1) is 11.3 Å². The maximum absolute atomic E-state index is 4.37. The fourth-order valence-corrected chi connectivity index (χ4v) is 1.73. The van der Waals surface area contributed by atoms with Crippen LogP contribution in [0.25, 0.3) is 0 Å². The fraction of sp³-hybridized carbons (Fsp3) is 0.900. The minimum atomic E-state index is 0.396. The van der Waals surface area contributed by atoms with Gasteiger partial charge in [-0.3, -0.25) is 4.99 Å². The Hall–Kier alpha value is -0.330. The first-order valence-electron chi connectivity index (χ1n) is 4.70.